The minimum absolute atomic E-state index is 0.00200. The Morgan fingerprint density at radius 2 is 2.00 bits per heavy atom. The van der Waals surface area contributed by atoms with Gasteiger partial charge in [-0.25, -0.2) is 13.1 Å². The van der Waals surface area contributed by atoms with Gasteiger partial charge in [0.2, 0.25) is 10.0 Å². The van der Waals surface area contributed by atoms with E-state index in [-0.39, 0.29) is 12.1 Å². The normalized spacial score (nSPS) is 11.9. The first-order valence-corrected chi connectivity index (χ1v) is 7.31. The molecule has 18 heavy (non-hydrogen) atoms. The molecule has 2 rings (SSSR count). The third kappa shape index (κ3) is 2.96. The van der Waals surface area contributed by atoms with Gasteiger partial charge in [-0.15, -0.1) is 0 Å². The standard InChI is InChI=1S/C12H14N2O3S/c1-8-3-4-9-6-10(7-13-18(2,16)17)12(15)14-11(9)5-8/h3-6,13H,7H2,1-2H3,(H,14,15). The van der Waals surface area contributed by atoms with E-state index in [1.54, 1.807) is 6.07 Å². The summed E-state index contributed by atoms with van der Waals surface area (Å²) in [5, 5.41) is 0.880. The van der Waals surface area contributed by atoms with Crippen molar-refractivity contribution in [3.05, 3.63) is 45.7 Å². The summed E-state index contributed by atoms with van der Waals surface area (Å²) in [4.78, 5) is 14.5. The number of pyridine rings is 1. The minimum Gasteiger partial charge on any atom is -0.322 e. The van der Waals surface area contributed by atoms with Crippen LogP contribution in [0.15, 0.2) is 29.1 Å². The topological polar surface area (TPSA) is 79.0 Å². The predicted molar refractivity (Wildman–Crippen MR) is 71.0 cm³/mol. The van der Waals surface area contributed by atoms with E-state index in [0.717, 1.165) is 22.7 Å². The zero-order valence-electron chi connectivity index (χ0n) is 10.1. The number of benzene rings is 1. The van der Waals surface area contributed by atoms with Gasteiger partial charge < -0.3 is 4.98 Å². The molecular weight excluding hydrogens is 252 g/mol. The van der Waals surface area contributed by atoms with Gasteiger partial charge in [-0.1, -0.05) is 12.1 Å². The molecule has 0 saturated heterocycles. The summed E-state index contributed by atoms with van der Waals surface area (Å²) in [6, 6.07) is 7.41. The zero-order chi connectivity index (χ0) is 13.3. The molecule has 0 fully saturated rings. The summed E-state index contributed by atoms with van der Waals surface area (Å²) in [5.41, 5.74) is 1.93. The van der Waals surface area contributed by atoms with Crippen molar-refractivity contribution in [1.29, 1.82) is 0 Å². The quantitative estimate of drug-likeness (QED) is 0.865. The first kappa shape index (κ1) is 12.8. The van der Waals surface area contributed by atoms with Crippen LogP contribution in [-0.4, -0.2) is 19.7 Å². The minimum atomic E-state index is -3.30. The molecule has 5 nitrogen and oxygen atoms in total. The zero-order valence-corrected chi connectivity index (χ0v) is 11.0. The molecule has 1 aromatic heterocycles. The van der Waals surface area contributed by atoms with Gasteiger partial charge >= 0.3 is 0 Å². The summed E-state index contributed by atoms with van der Waals surface area (Å²) in [7, 11) is -3.30. The van der Waals surface area contributed by atoms with E-state index in [1.165, 1.54) is 0 Å². The molecule has 0 aliphatic heterocycles. The second kappa shape index (κ2) is 4.55. The molecule has 0 aliphatic carbocycles. The number of fused-ring (bicyclic) bond motifs is 1. The lowest BCUT2D eigenvalue weighted by molar-refractivity contribution is 0.587. The van der Waals surface area contributed by atoms with Gasteiger partial charge in [0.1, 0.15) is 0 Å². The Balaban J connectivity index is 2.44. The number of hydrogen-bond donors (Lipinski definition) is 2. The Morgan fingerprint density at radius 3 is 2.67 bits per heavy atom. The molecule has 0 amide bonds. The second-order valence-corrected chi connectivity index (χ2v) is 6.14. The highest BCUT2D eigenvalue weighted by Gasteiger charge is 2.06. The maximum atomic E-state index is 11.8. The Bertz CT molecular complexity index is 747. The van der Waals surface area contributed by atoms with Crippen LogP contribution in [0.25, 0.3) is 10.9 Å². The molecule has 0 bridgehead atoms. The molecule has 0 spiro atoms. The smallest absolute Gasteiger partial charge is 0.252 e. The maximum Gasteiger partial charge on any atom is 0.252 e. The third-order valence-electron chi connectivity index (χ3n) is 2.60. The van der Waals surface area contributed by atoms with Crippen molar-refractivity contribution >= 4 is 20.9 Å². The van der Waals surface area contributed by atoms with Crippen LogP contribution in [0.5, 0.6) is 0 Å². The van der Waals surface area contributed by atoms with Gasteiger partial charge in [0.25, 0.3) is 5.56 Å². The summed E-state index contributed by atoms with van der Waals surface area (Å²) in [6.45, 7) is 1.94. The van der Waals surface area contributed by atoms with Gasteiger partial charge in [0, 0.05) is 17.6 Å². The fraction of sp³-hybridized carbons (Fsp3) is 0.250. The first-order valence-electron chi connectivity index (χ1n) is 5.42. The van der Waals surface area contributed by atoms with Gasteiger partial charge in [0.15, 0.2) is 0 Å². The van der Waals surface area contributed by atoms with E-state index in [9.17, 15) is 13.2 Å². The van der Waals surface area contributed by atoms with Crippen LogP contribution in [0, 0.1) is 6.92 Å². The van der Waals surface area contributed by atoms with Crippen LogP contribution in [0.1, 0.15) is 11.1 Å². The van der Waals surface area contributed by atoms with Crippen molar-refractivity contribution in [3.8, 4) is 0 Å². The number of hydrogen-bond acceptors (Lipinski definition) is 3. The lowest BCUT2D eigenvalue weighted by atomic mass is 10.1. The van der Waals surface area contributed by atoms with Crippen LogP contribution < -0.4 is 10.3 Å². The SMILES string of the molecule is Cc1ccc2cc(CNS(C)(=O)=O)c(=O)[nH]c2c1. The summed E-state index contributed by atoms with van der Waals surface area (Å²) >= 11 is 0. The molecule has 0 unspecified atom stereocenters. The largest absolute Gasteiger partial charge is 0.322 e. The number of nitrogens with one attached hydrogen (secondary N) is 2. The van der Waals surface area contributed by atoms with E-state index in [1.807, 2.05) is 25.1 Å². The molecule has 1 aromatic carbocycles. The number of aromatic amines is 1. The number of aromatic nitrogens is 1. The monoisotopic (exact) mass is 266 g/mol. The lowest BCUT2D eigenvalue weighted by Gasteiger charge is -2.04. The number of H-pyrrole nitrogens is 1. The van der Waals surface area contributed by atoms with E-state index < -0.39 is 10.0 Å². The van der Waals surface area contributed by atoms with Crippen LogP contribution in [0.3, 0.4) is 0 Å². The highest BCUT2D eigenvalue weighted by Crippen LogP contribution is 2.12. The van der Waals surface area contributed by atoms with Crippen molar-refractivity contribution in [3.63, 3.8) is 0 Å². The molecule has 0 saturated carbocycles. The Kier molecular flexibility index (Phi) is 3.23. The summed E-state index contributed by atoms with van der Waals surface area (Å²) in [6.07, 6.45) is 1.06. The van der Waals surface area contributed by atoms with E-state index in [0.29, 0.717) is 5.56 Å². The summed E-state index contributed by atoms with van der Waals surface area (Å²) in [5.74, 6) is 0. The first-order chi connectivity index (χ1) is 8.35. The average molecular weight is 266 g/mol. The van der Waals surface area contributed by atoms with E-state index >= 15 is 0 Å². The van der Waals surface area contributed by atoms with Crippen molar-refractivity contribution in [2.24, 2.45) is 0 Å². The van der Waals surface area contributed by atoms with Crippen molar-refractivity contribution < 1.29 is 8.42 Å². The summed E-state index contributed by atoms with van der Waals surface area (Å²) < 4.78 is 24.3. The molecule has 0 aliphatic rings. The Labute approximate surface area is 105 Å². The third-order valence-corrected chi connectivity index (χ3v) is 3.27. The highest BCUT2D eigenvalue weighted by molar-refractivity contribution is 7.88. The lowest BCUT2D eigenvalue weighted by Crippen LogP contribution is -2.25. The average Bonchev–Trinajstić information content (AvgIpc) is 2.25. The van der Waals surface area contributed by atoms with Crippen molar-refractivity contribution in [2.45, 2.75) is 13.5 Å². The molecule has 0 atom stereocenters. The number of rotatable bonds is 3. The van der Waals surface area contributed by atoms with Crippen molar-refractivity contribution in [1.82, 2.24) is 9.71 Å². The fourth-order valence-corrected chi connectivity index (χ4v) is 2.12. The maximum absolute atomic E-state index is 11.8. The van der Waals surface area contributed by atoms with Crippen LogP contribution in [-0.2, 0) is 16.6 Å². The molecule has 96 valence electrons. The Hall–Kier alpha value is -1.66. The number of sulfonamides is 1. The highest BCUT2D eigenvalue weighted by atomic mass is 32.2. The molecule has 2 aromatic rings. The Morgan fingerprint density at radius 1 is 1.28 bits per heavy atom. The van der Waals surface area contributed by atoms with Gasteiger partial charge in [-0.2, -0.15) is 0 Å². The van der Waals surface area contributed by atoms with E-state index in [2.05, 4.69) is 9.71 Å². The predicted octanol–water partition coefficient (Wildman–Crippen LogP) is 0.886. The van der Waals surface area contributed by atoms with Gasteiger partial charge in [-0.05, 0) is 30.0 Å². The fourth-order valence-electron chi connectivity index (χ4n) is 1.70. The van der Waals surface area contributed by atoms with Gasteiger partial charge in [0.05, 0.1) is 6.26 Å². The molecule has 1 heterocycles. The van der Waals surface area contributed by atoms with Gasteiger partial charge in [-0.3, -0.25) is 4.79 Å². The molecule has 0 radical (unpaired) electrons. The van der Waals surface area contributed by atoms with Crippen molar-refractivity contribution in [2.75, 3.05) is 6.26 Å². The van der Waals surface area contributed by atoms with Crippen LogP contribution >= 0.6 is 0 Å². The molecular formula is C12H14N2O3S. The molecule has 6 heteroatoms. The van der Waals surface area contributed by atoms with Crippen LogP contribution in [0.4, 0.5) is 0 Å². The van der Waals surface area contributed by atoms with E-state index in [4.69, 9.17) is 0 Å². The second-order valence-electron chi connectivity index (χ2n) is 4.31. The molecule has 2 N–H and O–H groups in total. The van der Waals surface area contributed by atoms with Crippen LogP contribution in [0.2, 0.25) is 0 Å². The number of aryl methyl sites for hydroxylation is 1.